The monoisotopic (exact) mass is 392 g/mol. The lowest BCUT2D eigenvalue weighted by Gasteiger charge is -2.47. The van der Waals surface area contributed by atoms with E-state index in [0.29, 0.717) is 31.5 Å². The molecule has 1 saturated heterocycles. The molecule has 1 aliphatic heterocycles. The maximum Gasteiger partial charge on any atom is 0.416 e. The van der Waals surface area contributed by atoms with Crippen LogP contribution in [0.25, 0.3) is 0 Å². The van der Waals surface area contributed by atoms with Crippen LogP contribution in [-0.4, -0.2) is 41.1 Å². The van der Waals surface area contributed by atoms with Gasteiger partial charge in [0.1, 0.15) is 0 Å². The van der Waals surface area contributed by atoms with Gasteiger partial charge in [-0.2, -0.15) is 13.2 Å². The van der Waals surface area contributed by atoms with Gasteiger partial charge < -0.3 is 10.0 Å². The van der Waals surface area contributed by atoms with Gasteiger partial charge in [-0.1, -0.05) is 42.5 Å². The molecule has 1 heterocycles. The van der Waals surface area contributed by atoms with E-state index in [4.69, 9.17) is 0 Å². The molecule has 2 aromatic rings. The van der Waals surface area contributed by atoms with Crippen LogP contribution in [0.5, 0.6) is 0 Å². The number of carbonyl (C=O) groups is 1. The second kappa shape index (κ2) is 7.83. The second-order valence-corrected chi connectivity index (χ2v) is 7.21. The molecule has 4 nitrogen and oxygen atoms in total. The Labute approximate surface area is 162 Å². The number of hydrogen-bond acceptors (Lipinski definition) is 2. The number of alkyl halides is 3. The van der Waals surface area contributed by atoms with E-state index in [-0.39, 0.29) is 0 Å². The Kier molecular flexibility index (Phi) is 5.65. The van der Waals surface area contributed by atoms with E-state index < -0.39 is 23.4 Å². The zero-order chi connectivity index (χ0) is 20.4. The third-order valence-corrected chi connectivity index (χ3v) is 5.59. The van der Waals surface area contributed by atoms with Crippen molar-refractivity contribution in [2.45, 2.75) is 31.1 Å². The van der Waals surface area contributed by atoms with Crippen LogP contribution in [0.1, 0.15) is 29.5 Å². The first-order valence-electron chi connectivity index (χ1n) is 9.13. The molecular weight excluding hydrogens is 369 g/mol. The van der Waals surface area contributed by atoms with Crippen LogP contribution in [0.4, 0.5) is 18.0 Å². The van der Waals surface area contributed by atoms with E-state index in [9.17, 15) is 23.1 Å². The smallest absolute Gasteiger partial charge is 0.416 e. The summed E-state index contributed by atoms with van der Waals surface area (Å²) in [5.41, 5.74) is -0.178. The van der Waals surface area contributed by atoms with Crippen molar-refractivity contribution in [2.75, 3.05) is 20.1 Å². The van der Waals surface area contributed by atoms with Crippen LogP contribution in [-0.2, 0) is 18.3 Å². The molecule has 1 aliphatic rings. The summed E-state index contributed by atoms with van der Waals surface area (Å²) < 4.78 is 39.6. The summed E-state index contributed by atoms with van der Waals surface area (Å²) in [7, 11) is 1.44. The highest BCUT2D eigenvalue weighted by molar-refractivity contribution is 5.66. The normalized spacial score (nSPS) is 17.3. The SMILES string of the molecule is CN(C(=O)O)C1(c2cccc(C(F)(F)F)c2)CCN(Cc2ccccc2)CC1. The van der Waals surface area contributed by atoms with Gasteiger partial charge >= 0.3 is 12.3 Å². The Morgan fingerprint density at radius 1 is 1.11 bits per heavy atom. The molecule has 1 N–H and O–H groups in total. The molecular formula is C21H23F3N2O2. The fourth-order valence-electron chi connectivity index (χ4n) is 3.91. The maximum absolute atomic E-state index is 13.2. The molecule has 0 bridgehead atoms. The van der Waals surface area contributed by atoms with E-state index in [0.717, 1.165) is 24.2 Å². The van der Waals surface area contributed by atoms with Crippen LogP contribution in [0.2, 0.25) is 0 Å². The van der Waals surface area contributed by atoms with Crippen molar-refractivity contribution in [3.05, 3.63) is 71.3 Å². The number of carboxylic acid groups (broad SMARTS) is 1. The topological polar surface area (TPSA) is 43.8 Å². The molecule has 0 unspecified atom stereocenters. The van der Waals surface area contributed by atoms with Crippen molar-refractivity contribution >= 4 is 6.09 Å². The first-order chi connectivity index (χ1) is 13.2. The largest absolute Gasteiger partial charge is 0.465 e. The minimum Gasteiger partial charge on any atom is -0.465 e. The zero-order valence-corrected chi connectivity index (χ0v) is 15.6. The predicted molar refractivity (Wildman–Crippen MR) is 99.9 cm³/mol. The minimum atomic E-state index is -4.47. The highest BCUT2D eigenvalue weighted by atomic mass is 19.4. The van der Waals surface area contributed by atoms with Gasteiger partial charge in [0, 0.05) is 26.7 Å². The number of rotatable bonds is 4. The lowest BCUT2D eigenvalue weighted by molar-refractivity contribution is -0.137. The van der Waals surface area contributed by atoms with Gasteiger partial charge in [0.2, 0.25) is 0 Å². The molecule has 0 saturated carbocycles. The van der Waals surface area contributed by atoms with Gasteiger partial charge in [-0.05, 0) is 36.1 Å². The van der Waals surface area contributed by atoms with Crippen LogP contribution in [0, 0.1) is 0 Å². The van der Waals surface area contributed by atoms with Gasteiger partial charge in [0.05, 0.1) is 11.1 Å². The van der Waals surface area contributed by atoms with Gasteiger partial charge in [0.15, 0.2) is 0 Å². The Balaban J connectivity index is 1.86. The van der Waals surface area contributed by atoms with Gasteiger partial charge in [-0.25, -0.2) is 4.79 Å². The van der Waals surface area contributed by atoms with Crippen molar-refractivity contribution in [2.24, 2.45) is 0 Å². The second-order valence-electron chi connectivity index (χ2n) is 7.21. The molecule has 0 atom stereocenters. The summed E-state index contributed by atoms with van der Waals surface area (Å²) in [6, 6.07) is 15.0. The molecule has 7 heteroatoms. The Bertz CT molecular complexity index is 816. The molecule has 0 radical (unpaired) electrons. The Morgan fingerprint density at radius 2 is 1.75 bits per heavy atom. The van der Waals surface area contributed by atoms with E-state index in [1.54, 1.807) is 6.07 Å². The molecule has 28 heavy (non-hydrogen) atoms. The molecule has 0 aromatic heterocycles. The van der Waals surface area contributed by atoms with Crippen molar-refractivity contribution in [3.8, 4) is 0 Å². The minimum absolute atomic E-state index is 0.395. The standard InChI is InChI=1S/C21H23F3N2O2/c1-25(19(27)28)20(17-8-5-9-18(14-17)21(22,23)24)10-12-26(13-11-20)15-16-6-3-2-4-7-16/h2-9,14H,10-13,15H2,1H3,(H,27,28). The van der Waals surface area contributed by atoms with E-state index in [1.807, 2.05) is 30.3 Å². The first-order valence-corrected chi connectivity index (χ1v) is 9.13. The van der Waals surface area contributed by atoms with Gasteiger partial charge in [0.25, 0.3) is 0 Å². The van der Waals surface area contributed by atoms with Crippen LogP contribution in [0.3, 0.4) is 0 Å². The summed E-state index contributed by atoms with van der Waals surface area (Å²) in [5, 5.41) is 9.58. The Hall–Kier alpha value is -2.54. The number of hydrogen-bond donors (Lipinski definition) is 1. The number of likely N-dealkylation sites (tertiary alicyclic amines) is 1. The number of nitrogens with zero attached hydrogens (tertiary/aromatic N) is 2. The third kappa shape index (κ3) is 4.14. The molecule has 150 valence electrons. The summed E-state index contributed by atoms with van der Waals surface area (Å²) >= 11 is 0. The van der Waals surface area contributed by atoms with Gasteiger partial charge in [-0.3, -0.25) is 4.90 Å². The highest BCUT2D eigenvalue weighted by Gasteiger charge is 2.43. The van der Waals surface area contributed by atoms with Crippen LogP contribution < -0.4 is 0 Å². The van der Waals surface area contributed by atoms with E-state index in [1.165, 1.54) is 18.0 Å². The summed E-state index contributed by atoms with van der Waals surface area (Å²) in [6.45, 7) is 1.93. The summed E-state index contributed by atoms with van der Waals surface area (Å²) in [4.78, 5) is 15.1. The van der Waals surface area contributed by atoms with E-state index >= 15 is 0 Å². The van der Waals surface area contributed by atoms with Gasteiger partial charge in [-0.15, -0.1) is 0 Å². The molecule has 3 rings (SSSR count). The van der Waals surface area contributed by atoms with Crippen molar-refractivity contribution in [3.63, 3.8) is 0 Å². The first kappa shape index (κ1) is 20.2. The zero-order valence-electron chi connectivity index (χ0n) is 15.6. The fraction of sp³-hybridized carbons (Fsp3) is 0.381. The van der Waals surface area contributed by atoms with Crippen molar-refractivity contribution in [1.82, 2.24) is 9.80 Å². The molecule has 0 spiro atoms. The van der Waals surface area contributed by atoms with E-state index in [2.05, 4.69) is 4.90 Å². The molecule has 1 amide bonds. The molecule has 2 aromatic carbocycles. The fourth-order valence-corrected chi connectivity index (χ4v) is 3.91. The number of benzene rings is 2. The lowest BCUT2D eigenvalue weighted by Crippen LogP contribution is -2.53. The molecule has 1 fully saturated rings. The quantitative estimate of drug-likeness (QED) is 0.812. The Morgan fingerprint density at radius 3 is 2.32 bits per heavy atom. The number of halogens is 3. The molecule has 0 aliphatic carbocycles. The summed E-state index contributed by atoms with van der Waals surface area (Å²) in [5.74, 6) is 0. The maximum atomic E-state index is 13.2. The number of amides is 1. The third-order valence-electron chi connectivity index (χ3n) is 5.59. The average molecular weight is 392 g/mol. The average Bonchev–Trinajstić information content (AvgIpc) is 2.68. The van der Waals surface area contributed by atoms with Crippen molar-refractivity contribution < 1.29 is 23.1 Å². The van der Waals surface area contributed by atoms with Crippen LogP contribution >= 0.6 is 0 Å². The predicted octanol–water partition coefficient (Wildman–Crippen LogP) is 4.81. The van der Waals surface area contributed by atoms with Crippen LogP contribution in [0.15, 0.2) is 54.6 Å². The summed E-state index contributed by atoms with van der Waals surface area (Å²) in [6.07, 6.45) is -4.74. The lowest BCUT2D eigenvalue weighted by atomic mass is 9.79. The highest BCUT2D eigenvalue weighted by Crippen LogP contribution is 2.40. The number of piperidine rings is 1. The van der Waals surface area contributed by atoms with Crippen molar-refractivity contribution in [1.29, 1.82) is 0 Å².